The number of likely N-dealkylation sites (N-methyl/N-ethyl adjacent to an activating group) is 1. The molecule has 0 aromatic carbocycles. The summed E-state index contributed by atoms with van der Waals surface area (Å²) in [5.41, 5.74) is 0. The zero-order chi connectivity index (χ0) is 11.3. The highest BCUT2D eigenvalue weighted by Gasteiger charge is 2.26. The van der Waals surface area contributed by atoms with Gasteiger partial charge < -0.3 is 4.74 Å². The lowest BCUT2D eigenvalue weighted by molar-refractivity contribution is 0.0521. The normalized spacial score (nSPS) is 27.6. The Labute approximate surface area is 98.9 Å². The van der Waals surface area contributed by atoms with Crippen LogP contribution in [0.2, 0.25) is 0 Å². The Kier molecular flexibility index (Phi) is 5.95. The zero-order valence-corrected chi connectivity index (χ0v) is 11.0. The maximum absolute atomic E-state index is 6.34. The van der Waals surface area contributed by atoms with Gasteiger partial charge in [-0.05, 0) is 33.7 Å². The molecule has 0 radical (unpaired) electrons. The van der Waals surface area contributed by atoms with Crippen LogP contribution < -0.4 is 0 Å². The molecule has 3 heteroatoms. The van der Waals surface area contributed by atoms with E-state index in [4.69, 9.17) is 16.3 Å². The first kappa shape index (κ1) is 13.3. The predicted molar refractivity (Wildman–Crippen MR) is 65.6 cm³/mol. The van der Waals surface area contributed by atoms with Gasteiger partial charge >= 0.3 is 0 Å². The molecule has 1 aliphatic carbocycles. The fourth-order valence-corrected chi connectivity index (χ4v) is 2.63. The quantitative estimate of drug-likeness (QED) is 0.678. The minimum atomic E-state index is 0.330. The van der Waals surface area contributed by atoms with Crippen molar-refractivity contribution in [2.24, 2.45) is 0 Å². The number of nitrogens with zero attached hydrogens (tertiary/aromatic N) is 1. The van der Waals surface area contributed by atoms with Crippen molar-refractivity contribution < 1.29 is 4.74 Å². The molecule has 0 heterocycles. The third-order valence-electron chi connectivity index (χ3n) is 3.11. The SMILES string of the molecule is CC(C)OCCN(C)C1CCCCC1Cl. The Balaban J connectivity index is 2.22. The molecule has 1 rings (SSSR count). The minimum absolute atomic E-state index is 0.330. The van der Waals surface area contributed by atoms with Crippen LogP contribution in [-0.4, -0.2) is 42.6 Å². The highest BCUT2D eigenvalue weighted by molar-refractivity contribution is 6.21. The van der Waals surface area contributed by atoms with E-state index in [1.807, 2.05) is 0 Å². The van der Waals surface area contributed by atoms with E-state index in [0.717, 1.165) is 13.2 Å². The number of ether oxygens (including phenoxy) is 1. The molecule has 2 atom stereocenters. The molecule has 0 aromatic rings. The molecular formula is C12H24ClNO. The molecule has 90 valence electrons. The summed E-state index contributed by atoms with van der Waals surface area (Å²) in [5.74, 6) is 0. The third kappa shape index (κ3) is 4.71. The maximum Gasteiger partial charge on any atom is 0.0596 e. The van der Waals surface area contributed by atoms with E-state index < -0.39 is 0 Å². The van der Waals surface area contributed by atoms with Gasteiger partial charge in [-0.2, -0.15) is 0 Å². The topological polar surface area (TPSA) is 12.5 Å². The summed E-state index contributed by atoms with van der Waals surface area (Å²) < 4.78 is 5.55. The van der Waals surface area contributed by atoms with E-state index in [1.165, 1.54) is 25.7 Å². The lowest BCUT2D eigenvalue weighted by Crippen LogP contribution is -2.42. The molecule has 2 unspecified atom stereocenters. The van der Waals surface area contributed by atoms with Crippen molar-refractivity contribution in [2.75, 3.05) is 20.2 Å². The van der Waals surface area contributed by atoms with Gasteiger partial charge in [0.25, 0.3) is 0 Å². The fraction of sp³-hybridized carbons (Fsp3) is 1.00. The summed E-state index contributed by atoms with van der Waals surface area (Å²) in [4.78, 5) is 2.36. The zero-order valence-electron chi connectivity index (χ0n) is 10.2. The minimum Gasteiger partial charge on any atom is -0.377 e. The first-order valence-corrected chi connectivity index (χ1v) is 6.51. The molecule has 1 saturated carbocycles. The van der Waals surface area contributed by atoms with Crippen LogP contribution >= 0.6 is 11.6 Å². The van der Waals surface area contributed by atoms with Gasteiger partial charge in [-0.1, -0.05) is 12.8 Å². The smallest absolute Gasteiger partial charge is 0.0596 e. The lowest BCUT2D eigenvalue weighted by Gasteiger charge is -2.34. The lowest BCUT2D eigenvalue weighted by atomic mass is 9.94. The van der Waals surface area contributed by atoms with Crippen molar-refractivity contribution >= 4 is 11.6 Å². The van der Waals surface area contributed by atoms with E-state index in [9.17, 15) is 0 Å². The van der Waals surface area contributed by atoms with Gasteiger partial charge in [0.15, 0.2) is 0 Å². The Bertz CT molecular complexity index is 175. The monoisotopic (exact) mass is 233 g/mol. The van der Waals surface area contributed by atoms with Gasteiger partial charge in [-0.15, -0.1) is 11.6 Å². The van der Waals surface area contributed by atoms with E-state index in [2.05, 4.69) is 25.8 Å². The number of hydrogen-bond donors (Lipinski definition) is 0. The van der Waals surface area contributed by atoms with Gasteiger partial charge in [0.2, 0.25) is 0 Å². The maximum atomic E-state index is 6.34. The number of hydrogen-bond acceptors (Lipinski definition) is 2. The van der Waals surface area contributed by atoms with Gasteiger partial charge in [-0.3, -0.25) is 4.90 Å². The van der Waals surface area contributed by atoms with Crippen LogP contribution in [0.25, 0.3) is 0 Å². The number of rotatable bonds is 5. The number of halogens is 1. The van der Waals surface area contributed by atoms with E-state index in [1.54, 1.807) is 0 Å². The van der Waals surface area contributed by atoms with Crippen LogP contribution in [0.4, 0.5) is 0 Å². The Morgan fingerprint density at radius 2 is 2.00 bits per heavy atom. The molecule has 1 fully saturated rings. The van der Waals surface area contributed by atoms with Crippen LogP contribution in [0.1, 0.15) is 39.5 Å². The summed E-state index contributed by atoms with van der Waals surface area (Å²) in [6.45, 7) is 5.95. The molecule has 0 amide bonds. The molecule has 1 aliphatic rings. The molecular weight excluding hydrogens is 210 g/mol. The highest BCUT2D eigenvalue weighted by atomic mass is 35.5. The van der Waals surface area contributed by atoms with Crippen molar-refractivity contribution in [3.8, 4) is 0 Å². The Morgan fingerprint density at radius 3 is 2.60 bits per heavy atom. The van der Waals surface area contributed by atoms with Crippen LogP contribution in [0, 0.1) is 0 Å². The first-order chi connectivity index (χ1) is 7.11. The molecule has 0 aliphatic heterocycles. The van der Waals surface area contributed by atoms with Crippen LogP contribution in [0.3, 0.4) is 0 Å². The summed E-state index contributed by atoms with van der Waals surface area (Å²) in [5, 5.41) is 0.336. The Morgan fingerprint density at radius 1 is 1.33 bits per heavy atom. The van der Waals surface area contributed by atoms with Crippen molar-refractivity contribution in [2.45, 2.75) is 57.1 Å². The van der Waals surface area contributed by atoms with E-state index >= 15 is 0 Å². The standard InChI is InChI=1S/C12H24ClNO/c1-10(2)15-9-8-14(3)12-7-5-4-6-11(12)13/h10-12H,4-9H2,1-3H3. The molecule has 0 bridgehead atoms. The second kappa shape index (κ2) is 6.72. The summed E-state index contributed by atoms with van der Waals surface area (Å²) >= 11 is 6.34. The fourth-order valence-electron chi connectivity index (χ4n) is 2.16. The van der Waals surface area contributed by atoms with Gasteiger partial charge in [-0.25, -0.2) is 0 Å². The van der Waals surface area contributed by atoms with Crippen LogP contribution in [0.5, 0.6) is 0 Å². The summed E-state index contributed by atoms with van der Waals surface area (Å²) in [6.07, 6.45) is 5.36. The van der Waals surface area contributed by atoms with E-state index in [-0.39, 0.29) is 0 Å². The average Bonchev–Trinajstić information content (AvgIpc) is 2.17. The van der Waals surface area contributed by atoms with E-state index in [0.29, 0.717) is 17.5 Å². The first-order valence-electron chi connectivity index (χ1n) is 6.07. The van der Waals surface area contributed by atoms with Gasteiger partial charge in [0, 0.05) is 18.0 Å². The Hall–Kier alpha value is 0.210. The van der Waals surface area contributed by atoms with Crippen molar-refractivity contribution in [1.82, 2.24) is 4.90 Å². The van der Waals surface area contributed by atoms with Gasteiger partial charge in [0.05, 0.1) is 12.7 Å². The largest absolute Gasteiger partial charge is 0.377 e. The summed E-state index contributed by atoms with van der Waals surface area (Å²) in [6, 6.07) is 0.552. The molecule has 0 N–H and O–H groups in total. The van der Waals surface area contributed by atoms with Crippen molar-refractivity contribution in [1.29, 1.82) is 0 Å². The average molecular weight is 234 g/mol. The predicted octanol–water partition coefficient (Wildman–Crippen LogP) is 2.89. The molecule has 0 aromatic heterocycles. The third-order valence-corrected chi connectivity index (χ3v) is 3.62. The van der Waals surface area contributed by atoms with Crippen molar-refractivity contribution in [3.05, 3.63) is 0 Å². The second-order valence-electron chi connectivity index (χ2n) is 4.77. The van der Waals surface area contributed by atoms with Crippen LogP contribution in [0.15, 0.2) is 0 Å². The van der Waals surface area contributed by atoms with Gasteiger partial charge in [0.1, 0.15) is 0 Å². The highest BCUT2D eigenvalue weighted by Crippen LogP contribution is 2.26. The molecule has 0 spiro atoms. The van der Waals surface area contributed by atoms with Crippen molar-refractivity contribution in [3.63, 3.8) is 0 Å². The number of alkyl halides is 1. The second-order valence-corrected chi connectivity index (χ2v) is 5.33. The molecule has 0 saturated heterocycles. The molecule has 15 heavy (non-hydrogen) atoms. The van der Waals surface area contributed by atoms with Crippen LogP contribution in [-0.2, 0) is 4.74 Å². The summed E-state index contributed by atoms with van der Waals surface area (Å²) in [7, 11) is 2.16. The molecule has 2 nitrogen and oxygen atoms in total.